The number of hydrogen-bond acceptors (Lipinski definition) is 3. The van der Waals surface area contributed by atoms with E-state index in [0.29, 0.717) is 0 Å². The van der Waals surface area contributed by atoms with E-state index in [1.807, 2.05) is 23.1 Å². The summed E-state index contributed by atoms with van der Waals surface area (Å²) in [6, 6.07) is 10.5. The normalized spacial score (nSPS) is 20.1. The van der Waals surface area contributed by atoms with Crippen molar-refractivity contribution in [3.8, 4) is 0 Å². The molecule has 0 spiro atoms. The Morgan fingerprint density at radius 3 is 2.95 bits per heavy atom. The fourth-order valence-corrected chi connectivity index (χ4v) is 2.54. The number of nitrogens with one attached hydrogen (secondary N) is 1. The van der Waals surface area contributed by atoms with Crippen LogP contribution in [0.1, 0.15) is 12.0 Å². The van der Waals surface area contributed by atoms with Gasteiger partial charge in [0, 0.05) is 26.2 Å². The maximum atomic E-state index is 12.1. The molecule has 1 saturated heterocycles. The predicted molar refractivity (Wildman–Crippen MR) is 75.0 cm³/mol. The van der Waals surface area contributed by atoms with Crippen molar-refractivity contribution < 1.29 is 9.53 Å². The molecule has 1 N–H and O–H groups in total. The van der Waals surface area contributed by atoms with Crippen molar-refractivity contribution in [2.24, 2.45) is 0 Å². The van der Waals surface area contributed by atoms with Gasteiger partial charge < -0.3 is 15.0 Å². The Hall–Kier alpha value is -1.39. The molecule has 0 radical (unpaired) electrons. The van der Waals surface area contributed by atoms with Gasteiger partial charge >= 0.3 is 0 Å². The molecular weight excluding hydrogens is 240 g/mol. The fourth-order valence-electron chi connectivity index (χ4n) is 2.54. The van der Waals surface area contributed by atoms with E-state index >= 15 is 0 Å². The van der Waals surface area contributed by atoms with E-state index in [4.69, 9.17) is 4.74 Å². The van der Waals surface area contributed by atoms with Crippen LogP contribution in [0.25, 0.3) is 0 Å². The number of amides is 1. The van der Waals surface area contributed by atoms with E-state index in [1.54, 1.807) is 7.11 Å². The van der Waals surface area contributed by atoms with Crippen molar-refractivity contribution in [2.45, 2.75) is 18.9 Å². The van der Waals surface area contributed by atoms with Gasteiger partial charge in [-0.2, -0.15) is 0 Å². The Bertz CT molecular complexity index is 394. The zero-order chi connectivity index (χ0) is 13.5. The number of rotatable bonds is 4. The Morgan fingerprint density at radius 1 is 1.42 bits per heavy atom. The van der Waals surface area contributed by atoms with Crippen LogP contribution in [0.15, 0.2) is 30.3 Å². The first-order valence-electron chi connectivity index (χ1n) is 6.84. The molecule has 0 aliphatic carbocycles. The maximum Gasteiger partial charge on any atom is 0.248 e. The summed E-state index contributed by atoms with van der Waals surface area (Å²) in [5.74, 6) is 0.0899. The van der Waals surface area contributed by atoms with Crippen molar-refractivity contribution >= 4 is 5.91 Å². The highest BCUT2D eigenvalue weighted by Crippen LogP contribution is 2.12. The summed E-state index contributed by atoms with van der Waals surface area (Å²) >= 11 is 0. The fraction of sp³-hybridized carbons (Fsp3) is 0.533. The van der Waals surface area contributed by atoms with Gasteiger partial charge in [-0.15, -0.1) is 0 Å². The van der Waals surface area contributed by atoms with E-state index in [0.717, 1.165) is 32.5 Å². The van der Waals surface area contributed by atoms with Gasteiger partial charge in [0.05, 0.1) is 0 Å². The number of carbonyl (C=O) groups excluding carboxylic acids is 1. The van der Waals surface area contributed by atoms with Crippen LogP contribution in [0, 0.1) is 0 Å². The third-order valence-corrected chi connectivity index (χ3v) is 3.48. The summed E-state index contributed by atoms with van der Waals surface area (Å²) in [4.78, 5) is 14.1. The molecule has 104 valence electrons. The number of ether oxygens (including phenoxy) is 1. The topological polar surface area (TPSA) is 41.6 Å². The van der Waals surface area contributed by atoms with Crippen molar-refractivity contribution in [3.05, 3.63) is 35.9 Å². The van der Waals surface area contributed by atoms with Gasteiger partial charge in [0.1, 0.15) is 6.61 Å². The van der Waals surface area contributed by atoms with Gasteiger partial charge in [0.2, 0.25) is 5.91 Å². The molecule has 1 unspecified atom stereocenters. The standard InChI is InChI=1S/C15H22N2O2/c1-19-12-15(18)17-9-5-8-16-11-14(17)10-13-6-3-2-4-7-13/h2-4,6-7,14,16H,5,8-12H2,1H3. The first kappa shape index (κ1) is 14.0. The second-order valence-corrected chi connectivity index (χ2v) is 4.92. The molecule has 1 amide bonds. The third kappa shape index (κ3) is 4.04. The van der Waals surface area contributed by atoms with Crippen molar-refractivity contribution in [3.63, 3.8) is 0 Å². The smallest absolute Gasteiger partial charge is 0.248 e. The van der Waals surface area contributed by atoms with Crippen LogP contribution in [0.2, 0.25) is 0 Å². The van der Waals surface area contributed by atoms with E-state index in [2.05, 4.69) is 17.4 Å². The highest BCUT2D eigenvalue weighted by Gasteiger charge is 2.25. The first-order chi connectivity index (χ1) is 9.31. The number of nitrogens with zero attached hydrogens (tertiary/aromatic N) is 1. The summed E-state index contributed by atoms with van der Waals surface area (Å²) in [5, 5.41) is 3.41. The molecule has 1 atom stereocenters. The quantitative estimate of drug-likeness (QED) is 0.882. The highest BCUT2D eigenvalue weighted by molar-refractivity contribution is 5.77. The molecule has 4 heteroatoms. The minimum absolute atomic E-state index is 0.0899. The van der Waals surface area contributed by atoms with E-state index < -0.39 is 0 Å². The number of carbonyl (C=O) groups is 1. The monoisotopic (exact) mass is 262 g/mol. The zero-order valence-corrected chi connectivity index (χ0v) is 11.5. The molecule has 19 heavy (non-hydrogen) atoms. The van der Waals surface area contributed by atoms with Crippen LogP contribution < -0.4 is 5.32 Å². The Morgan fingerprint density at radius 2 is 2.21 bits per heavy atom. The van der Waals surface area contributed by atoms with E-state index in [1.165, 1.54) is 5.56 Å². The van der Waals surface area contributed by atoms with Crippen LogP contribution in [-0.2, 0) is 16.0 Å². The van der Waals surface area contributed by atoms with Crippen LogP contribution in [-0.4, -0.2) is 50.2 Å². The van der Waals surface area contributed by atoms with Gasteiger partial charge in [0.15, 0.2) is 0 Å². The molecule has 0 saturated carbocycles. The Kier molecular flexibility index (Phi) is 5.36. The summed E-state index contributed by atoms with van der Waals surface area (Å²) in [5.41, 5.74) is 1.27. The minimum Gasteiger partial charge on any atom is -0.375 e. The summed E-state index contributed by atoms with van der Waals surface area (Å²) in [7, 11) is 1.57. The van der Waals surface area contributed by atoms with Gasteiger partial charge in [-0.1, -0.05) is 30.3 Å². The number of methoxy groups -OCH3 is 1. The molecule has 4 nitrogen and oxygen atoms in total. The van der Waals surface area contributed by atoms with Crippen molar-refractivity contribution in [1.29, 1.82) is 0 Å². The largest absolute Gasteiger partial charge is 0.375 e. The van der Waals surface area contributed by atoms with Crippen molar-refractivity contribution in [2.75, 3.05) is 33.4 Å². The summed E-state index contributed by atoms with van der Waals surface area (Å²) in [6.07, 6.45) is 1.89. The molecule has 2 rings (SSSR count). The van der Waals surface area contributed by atoms with Gasteiger partial charge in [-0.25, -0.2) is 0 Å². The molecule has 1 aliphatic rings. The lowest BCUT2D eigenvalue weighted by molar-refractivity contribution is -0.137. The average molecular weight is 262 g/mol. The first-order valence-corrected chi connectivity index (χ1v) is 6.84. The average Bonchev–Trinajstić information content (AvgIpc) is 2.66. The molecule has 1 aromatic carbocycles. The van der Waals surface area contributed by atoms with Crippen LogP contribution in [0.3, 0.4) is 0 Å². The second kappa shape index (κ2) is 7.26. The highest BCUT2D eigenvalue weighted by atomic mass is 16.5. The van der Waals surface area contributed by atoms with Gasteiger partial charge in [-0.3, -0.25) is 4.79 Å². The molecular formula is C15H22N2O2. The SMILES string of the molecule is COCC(=O)N1CCCNCC1Cc1ccccc1. The minimum atomic E-state index is 0.0899. The predicted octanol–water partition coefficient (Wildman–Crippen LogP) is 1.07. The molecule has 0 aromatic heterocycles. The van der Waals surface area contributed by atoms with E-state index in [-0.39, 0.29) is 18.6 Å². The lowest BCUT2D eigenvalue weighted by Crippen LogP contribution is -2.46. The van der Waals surface area contributed by atoms with E-state index in [9.17, 15) is 4.79 Å². The van der Waals surface area contributed by atoms with Crippen LogP contribution in [0.5, 0.6) is 0 Å². The molecule has 1 aliphatic heterocycles. The lowest BCUT2D eigenvalue weighted by atomic mass is 10.0. The third-order valence-electron chi connectivity index (χ3n) is 3.48. The maximum absolute atomic E-state index is 12.1. The molecule has 1 fully saturated rings. The van der Waals surface area contributed by atoms with Crippen molar-refractivity contribution in [1.82, 2.24) is 10.2 Å². The number of hydrogen-bond donors (Lipinski definition) is 1. The van der Waals surface area contributed by atoms with Crippen LogP contribution in [0.4, 0.5) is 0 Å². The summed E-state index contributed by atoms with van der Waals surface area (Å²) in [6.45, 7) is 2.81. The number of benzene rings is 1. The second-order valence-electron chi connectivity index (χ2n) is 4.92. The molecule has 1 heterocycles. The molecule has 0 bridgehead atoms. The Balaban J connectivity index is 2.06. The zero-order valence-electron chi connectivity index (χ0n) is 11.5. The summed E-state index contributed by atoms with van der Waals surface area (Å²) < 4.78 is 4.98. The molecule has 1 aromatic rings. The van der Waals surface area contributed by atoms with Crippen LogP contribution >= 0.6 is 0 Å². The Labute approximate surface area is 114 Å². The lowest BCUT2D eigenvalue weighted by Gasteiger charge is -2.29. The van der Waals surface area contributed by atoms with Gasteiger partial charge in [-0.05, 0) is 24.9 Å². The van der Waals surface area contributed by atoms with Gasteiger partial charge in [0.25, 0.3) is 0 Å².